The van der Waals surface area contributed by atoms with Gasteiger partial charge in [-0.05, 0) is 66.7 Å². The number of fused-ring (bicyclic) bond motifs is 1. The van der Waals surface area contributed by atoms with Crippen LogP contribution in [-0.4, -0.2) is 24.0 Å². The zero-order valence-electron chi connectivity index (χ0n) is 21.2. The zero-order chi connectivity index (χ0) is 29.8. The Kier molecular flexibility index (Phi) is 9.25. The molecule has 2 N–H and O–H groups in total. The van der Waals surface area contributed by atoms with E-state index in [1.54, 1.807) is 36.4 Å². The monoisotopic (exact) mass is 699 g/mol. The third kappa shape index (κ3) is 6.83. The summed E-state index contributed by atoms with van der Waals surface area (Å²) in [5.74, 6) is -1.28. The Morgan fingerprint density at radius 1 is 0.881 bits per heavy atom. The highest BCUT2D eigenvalue weighted by Crippen LogP contribution is 2.36. The number of rotatable bonds is 7. The van der Waals surface area contributed by atoms with Crippen LogP contribution in [0.4, 0.5) is 5.69 Å². The molecule has 0 aliphatic heterocycles. The van der Waals surface area contributed by atoms with Gasteiger partial charge in [0.25, 0.3) is 11.8 Å². The number of ether oxygens (including phenoxy) is 1. The van der Waals surface area contributed by atoms with E-state index in [1.165, 1.54) is 41.8 Å². The molecule has 42 heavy (non-hydrogen) atoms. The Hall–Kier alpha value is -3.73. The number of amides is 2. The highest BCUT2D eigenvalue weighted by Gasteiger charge is 2.20. The molecule has 12 heteroatoms. The molecule has 210 valence electrons. The van der Waals surface area contributed by atoms with E-state index in [9.17, 15) is 14.4 Å². The maximum absolute atomic E-state index is 13.0. The van der Waals surface area contributed by atoms with E-state index in [0.717, 1.165) is 10.1 Å². The van der Waals surface area contributed by atoms with Gasteiger partial charge in [0.2, 0.25) is 0 Å². The second-order valence-corrected chi connectivity index (χ2v) is 11.9. The van der Waals surface area contributed by atoms with Crippen molar-refractivity contribution in [1.82, 2.24) is 5.43 Å². The first-order valence-electron chi connectivity index (χ1n) is 12.1. The van der Waals surface area contributed by atoms with Crippen molar-refractivity contribution in [2.75, 3.05) is 5.32 Å². The van der Waals surface area contributed by atoms with Crippen molar-refractivity contribution >= 4 is 102 Å². The van der Waals surface area contributed by atoms with Crippen molar-refractivity contribution in [3.8, 4) is 5.75 Å². The van der Waals surface area contributed by atoms with E-state index >= 15 is 0 Å². The second kappa shape index (κ2) is 13.1. The number of nitrogens with one attached hydrogen (secondary N) is 2. The molecular weight excluding hydrogens is 685 g/mol. The quantitative estimate of drug-likeness (QED) is 0.0767. The van der Waals surface area contributed by atoms with Crippen molar-refractivity contribution in [1.29, 1.82) is 0 Å². The predicted octanol–water partition coefficient (Wildman–Crippen LogP) is 8.86. The number of hydrogen-bond donors (Lipinski definition) is 2. The van der Waals surface area contributed by atoms with E-state index in [0.29, 0.717) is 31.3 Å². The van der Waals surface area contributed by atoms with Gasteiger partial charge in [-0.15, -0.1) is 11.3 Å². The van der Waals surface area contributed by atoms with Gasteiger partial charge in [0.15, 0.2) is 0 Å². The molecule has 4 aromatic carbocycles. The number of hydrazone groups is 1. The molecule has 0 radical (unpaired) electrons. The fourth-order valence-electron chi connectivity index (χ4n) is 3.81. The van der Waals surface area contributed by atoms with E-state index in [2.05, 4.69) is 31.8 Å². The van der Waals surface area contributed by atoms with Gasteiger partial charge in [0, 0.05) is 36.4 Å². The minimum atomic E-state index is -0.604. The topological polar surface area (TPSA) is 96.9 Å². The van der Waals surface area contributed by atoms with Gasteiger partial charge in [-0.25, -0.2) is 10.2 Å². The van der Waals surface area contributed by atoms with Crippen LogP contribution in [0.15, 0.2) is 94.5 Å². The maximum atomic E-state index is 13.0. The third-order valence-electron chi connectivity index (χ3n) is 5.85. The van der Waals surface area contributed by atoms with Crippen LogP contribution in [0.1, 0.15) is 36.0 Å². The molecule has 0 aliphatic carbocycles. The maximum Gasteiger partial charge on any atom is 0.355 e. The summed E-state index contributed by atoms with van der Waals surface area (Å²) >= 11 is 23.1. The molecule has 0 bridgehead atoms. The van der Waals surface area contributed by atoms with Crippen molar-refractivity contribution in [2.45, 2.75) is 0 Å². The zero-order valence-corrected chi connectivity index (χ0v) is 25.8. The van der Waals surface area contributed by atoms with Crippen molar-refractivity contribution in [3.63, 3.8) is 0 Å². The first-order valence-corrected chi connectivity index (χ1v) is 14.8. The normalized spacial score (nSPS) is 11.0. The highest BCUT2D eigenvalue weighted by molar-refractivity contribution is 9.10. The summed E-state index contributed by atoms with van der Waals surface area (Å²) in [6.45, 7) is 0. The van der Waals surface area contributed by atoms with Gasteiger partial charge in [-0.1, -0.05) is 68.9 Å². The van der Waals surface area contributed by atoms with E-state index < -0.39 is 17.8 Å². The number of benzene rings is 4. The molecular formula is C30H17BrCl3N3O4S. The molecule has 1 aromatic heterocycles. The fourth-order valence-corrected chi connectivity index (χ4v) is 6.06. The first kappa shape index (κ1) is 29.8. The molecule has 0 spiro atoms. The van der Waals surface area contributed by atoms with Gasteiger partial charge in [-0.3, -0.25) is 9.59 Å². The summed E-state index contributed by atoms with van der Waals surface area (Å²) in [5.41, 5.74) is 3.91. The van der Waals surface area contributed by atoms with Crippen LogP contribution in [0.2, 0.25) is 15.1 Å². The van der Waals surface area contributed by atoms with Crippen LogP contribution in [0, 0.1) is 0 Å². The summed E-state index contributed by atoms with van der Waals surface area (Å²) in [7, 11) is 0. The second-order valence-electron chi connectivity index (χ2n) is 8.67. The summed E-state index contributed by atoms with van der Waals surface area (Å²) in [4.78, 5) is 38.4. The van der Waals surface area contributed by atoms with Crippen molar-refractivity contribution < 1.29 is 19.1 Å². The smallest absolute Gasteiger partial charge is 0.355 e. The van der Waals surface area contributed by atoms with Crippen LogP contribution in [0.25, 0.3) is 10.1 Å². The Bertz CT molecular complexity index is 1880. The lowest BCUT2D eigenvalue weighted by atomic mass is 10.1. The molecule has 0 saturated carbocycles. The van der Waals surface area contributed by atoms with Crippen molar-refractivity contribution in [2.24, 2.45) is 5.10 Å². The minimum absolute atomic E-state index is 0.223. The SMILES string of the molecule is O=C(N/N=C\c1cc(Br)ccc1OC(=O)c1sc2ccccc2c1Cl)c1ccc(NC(=O)c2ccc(Cl)cc2Cl)cc1. The van der Waals surface area contributed by atoms with Crippen LogP contribution >= 0.6 is 62.1 Å². The number of halogens is 4. The van der Waals surface area contributed by atoms with Crippen LogP contribution < -0.4 is 15.5 Å². The molecule has 0 saturated heterocycles. The summed E-state index contributed by atoms with van der Waals surface area (Å²) in [5, 5.41) is 8.49. The van der Waals surface area contributed by atoms with Gasteiger partial charge in [-0.2, -0.15) is 5.10 Å². The lowest BCUT2D eigenvalue weighted by molar-refractivity contribution is 0.0739. The number of carbonyl (C=O) groups is 3. The molecule has 2 amide bonds. The Balaban J connectivity index is 1.24. The van der Waals surface area contributed by atoms with E-state index in [4.69, 9.17) is 39.5 Å². The first-order chi connectivity index (χ1) is 20.2. The average Bonchev–Trinajstić information content (AvgIpc) is 3.31. The molecule has 7 nitrogen and oxygen atoms in total. The van der Waals surface area contributed by atoms with E-state index in [-0.39, 0.29) is 21.2 Å². The fraction of sp³-hybridized carbons (Fsp3) is 0. The summed E-state index contributed by atoms with van der Waals surface area (Å²) in [6, 6.07) is 23.2. The molecule has 0 unspecified atom stereocenters. The highest BCUT2D eigenvalue weighted by atomic mass is 79.9. The van der Waals surface area contributed by atoms with Crippen LogP contribution in [0.5, 0.6) is 5.75 Å². The number of esters is 1. The molecule has 0 aliphatic rings. The van der Waals surface area contributed by atoms with Gasteiger partial charge in [0.1, 0.15) is 10.6 Å². The number of hydrogen-bond acceptors (Lipinski definition) is 6. The molecule has 5 aromatic rings. The van der Waals surface area contributed by atoms with E-state index in [1.807, 2.05) is 24.3 Å². The van der Waals surface area contributed by atoms with Crippen LogP contribution in [-0.2, 0) is 0 Å². The predicted molar refractivity (Wildman–Crippen MR) is 172 cm³/mol. The van der Waals surface area contributed by atoms with Crippen LogP contribution in [0.3, 0.4) is 0 Å². The van der Waals surface area contributed by atoms with Gasteiger partial charge in [0.05, 0.1) is 21.8 Å². The molecule has 1 heterocycles. The number of thiophene rings is 1. The molecule has 5 rings (SSSR count). The number of carbonyl (C=O) groups excluding carboxylic acids is 3. The minimum Gasteiger partial charge on any atom is -0.422 e. The third-order valence-corrected chi connectivity index (χ3v) is 8.54. The lowest BCUT2D eigenvalue weighted by Crippen LogP contribution is -2.18. The van der Waals surface area contributed by atoms with Crippen molar-refractivity contribution in [3.05, 3.63) is 126 Å². The number of nitrogens with zero attached hydrogens (tertiary/aromatic N) is 1. The number of anilines is 1. The lowest BCUT2D eigenvalue weighted by Gasteiger charge is -2.08. The summed E-state index contributed by atoms with van der Waals surface area (Å²) < 4.78 is 7.23. The Morgan fingerprint density at radius 3 is 2.38 bits per heavy atom. The van der Waals surface area contributed by atoms with Gasteiger partial charge >= 0.3 is 5.97 Å². The Labute approximate surface area is 267 Å². The molecule has 0 fully saturated rings. The standard InChI is InChI=1S/C30H17BrCl3N3O4S/c31-18-7-12-24(41-30(40)27-26(34)22-3-1-2-4-25(22)42-27)17(13-18)15-35-37-28(38)16-5-9-20(10-6-16)36-29(39)21-11-8-19(32)14-23(21)33/h1-15H,(H,36,39)(H,37,38)/b35-15-. The summed E-state index contributed by atoms with van der Waals surface area (Å²) in [6.07, 6.45) is 1.36. The Morgan fingerprint density at radius 2 is 1.64 bits per heavy atom. The average molecular weight is 702 g/mol. The van der Waals surface area contributed by atoms with Gasteiger partial charge < -0.3 is 10.1 Å². The molecule has 0 atom stereocenters. The largest absolute Gasteiger partial charge is 0.422 e.